The number of fused-ring (bicyclic) bond motifs is 3. The van der Waals surface area contributed by atoms with Gasteiger partial charge in [0.1, 0.15) is 11.2 Å². The molecule has 0 atom stereocenters. The number of carbonyl (C=O) groups excluding carboxylic acids is 2. The van der Waals surface area contributed by atoms with Gasteiger partial charge in [0.2, 0.25) is 0 Å². The van der Waals surface area contributed by atoms with Crippen molar-refractivity contribution in [3.05, 3.63) is 94.9 Å². The Morgan fingerprint density at radius 2 is 1.59 bits per heavy atom. The molecule has 5 aromatic rings. The molecule has 0 fully saturated rings. The van der Waals surface area contributed by atoms with Gasteiger partial charge in [-0.25, -0.2) is 0 Å². The Morgan fingerprint density at radius 1 is 0.844 bits per heavy atom. The van der Waals surface area contributed by atoms with E-state index in [0.717, 1.165) is 16.4 Å². The highest BCUT2D eigenvalue weighted by Gasteiger charge is 2.22. The van der Waals surface area contributed by atoms with E-state index in [4.69, 9.17) is 8.83 Å². The predicted octanol–water partition coefficient (Wildman–Crippen LogP) is 6.47. The summed E-state index contributed by atoms with van der Waals surface area (Å²) in [7, 11) is 1.60. The molecule has 6 nitrogen and oxygen atoms in total. The van der Waals surface area contributed by atoms with E-state index >= 15 is 0 Å². The van der Waals surface area contributed by atoms with Crippen molar-refractivity contribution in [2.45, 2.75) is 0 Å². The van der Waals surface area contributed by atoms with Crippen molar-refractivity contribution in [2.24, 2.45) is 0 Å². The largest absolute Gasteiger partial charge is 0.456 e. The molecule has 0 unspecified atom stereocenters. The summed E-state index contributed by atoms with van der Waals surface area (Å²) in [5, 5.41) is 4.91. The van der Waals surface area contributed by atoms with Gasteiger partial charge in [-0.3, -0.25) is 9.59 Å². The van der Waals surface area contributed by atoms with E-state index in [-0.39, 0.29) is 17.6 Å². The lowest BCUT2D eigenvalue weighted by molar-refractivity contribution is 0.0965. The number of hydrogen-bond acceptors (Lipinski definition) is 4. The number of anilines is 2. The fourth-order valence-electron chi connectivity index (χ4n) is 3.66. The molecule has 158 valence electrons. The molecule has 0 radical (unpaired) electrons. The first-order valence-corrected chi connectivity index (χ1v) is 10.7. The third-order valence-electron chi connectivity index (χ3n) is 5.24. The van der Waals surface area contributed by atoms with E-state index in [1.165, 1.54) is 4.90 Å². The second-order valence-corrected chi connectivity index (χ2v) is 8.03. The molecule has 32 heavy (non-hydrogen) atoms. The van der Waals surface area contributed by atoms with E-state index in [9.17, 15) is 9.59 Å². The van der Waals surface area contributed by atoms with Gasteiger partial charge in [-0.1, -0.05) is 30.3 Å². The molecule has 0 aliphatic heterocycles. The van der Waals surface area contributed by atoms with Crippen molar-refractivity contribution in [1.82, 2.24) is 0 Å². The highest BCUT2D eigenvalue weighted by atomic mass is 79.9. The van der Waals surface area contributed by atoms with Gasteiger partial charge in [-0.2, -0.15) is 0 Å². The summed E-state index contributed by atoms with van der Waals surface area (Å²) in [6, 6.07) is 23.5. The van der Waals surface area contributed by atoms with Gasteiger partial charge in [-0.05, 0) is 58.4 Å². The zero-order valence-electron chi connectivity index (χ0n) is 17.0. The molecule has 0 saturated heterocycles. The molecule has 1 N–H and O–H groups in total. The van der Waals surface area contributed by atoms with E-state index in [0.29, 0.717) is 27.2 Å². The first-order chi connectivity index (χ1) is 15.5. The summed E-state index contributed by atoms with van der Waals surface area (Å²) in [6.45, 7) is 0. The lowest BCUT2D eigenvalue weighted by atomic mass is 10.1. The number of nitrogens with one attached hydrogen (secondary N) is 1. The number of halogens is 1. The summed E-state index contributed by atoms with van der Waals surface area (Å²) in [4.78, 5) is 27.3. The molecule has 2 amide bonds. The third-order valence-corrected chi connectivity index (χ3v) is 5.66. The lowest BCUT2D eigenvalue weighted by Gasteiger charge is -2.19. The van der Waals surface area contributed by atoms with Crippen molar-refractivity contribution in [3.8, 4) is 0 Å². The second kappa shape index (κ2) is 8.01. The van der Waals surface area contributed by atoms with E-state index in [1.54, 1.807) is 49.5 Å². The molecule has 0 aliphatic rings. The third kappa shape index (κ3) is 3.56. The predicted molar refractivity (Wildman–Crippen MR) is 127 cm³/mol. The number of carbonyl (C=O) groups is 2. The zero-order chi connectivity index (χ0) is 22.2. The molecular formula is C25H17BrN2O4. The maximum atomic E-state index is 13.1. The van der Waals surface area contributed by atoms with Crippen LogP contribution in [0.4, 0.5) is 11.4 Å². The van der Waals surface area contributed by atoms with Crippen LogP contribution < -0.4 is 10.2 Å². The fraction of sp³-hybridized carbons (Fsp3) is 0.0400. The van der Waals surface area contributed by atoms with Gasteiger partial charge in [0.15, 0.2) is 10.4 Å². The van der Waals surface area contributed by atoms with Crippen molar-refractivity contribution < 1.29 is 18.4 Å². The van der Waals surface area contributed by atoms with Crippen LogP contribution in [0.1, 0.15) is 20.9 Å². The molecule has 2 heterocycles. The maximum absolute atomic E-state index is 13.1. The van der Waals surface area contributed by atoms with Gasteiger partial charge in [0.05, 0.1) is 11.3 Å². The molecule has 0 bridgehead atoms. The van der Waals surface area contributed by atoms with Crippen LogP contribution in [0.5, 0.6) is 0 Å². The topological polar surface area (TPSA) is 75.7 Å². The minimum absolute atomic E-state index is 0.171. The quantitative estimate of drug-likeness (QED) is 0.314. The Labute approximate surface area is 191 Å². The lowest BCUT2D eigenvalue weighted by Crippen LogP contribution is -2.28. The Bertz CT molecular complexity index is 1480. The maximum Gasteiger partial charge on any atom is 0.293 e. The molecule has 0 aliphatic carbocycles. The fourth-order valence-corrected chi connectivity index (χ4v) is 3.97. The molecule has 0 spiro atoms. The molecule has 3 aromatic carbocycles. The summed E-state index contributed by atoms with van der Waals surface area (Å²) in [5.74, 6) is -0.527. The van der Waals surface area contributed by atoms with Crippen LogP contribution in [-0.2, 0) is 0 Å². The van der Waals surface area contributed by atoms with Crippen LogP contribution in [0.25, 0.3) is 21.9 Å². The summed E-state index contributed by atoms with van der Waals surface area (Å²) in [5.41, 5.74) is 2.90. The number of rotatable bonds is 4. The summed E-state index contributed by atoms with van der Waals surface area (Å²) < 4.78 is 11.7. The molecule has 7 heteroatoms. The monoisotopic (exact) mass is 488 g/mol. The first kappa shape index (κ1) is 20.1. The van der Waals surface area contributed by atoms with Crippen LogP contribution >= 0.6 is 15.9 Å². The van der Waals surface area contributed by atoms with Gasteiger partial charge in [0, 0.05) is 29.6 Å². The number of para-hydroxylation sites is 2. The average molecular weight is 489 g/mol. The Morgan fingerprint density at radius 3 is 2.41 bits per heavy atom. The van der Waals surface area contributed by atoms with Crippen LogP contribution in [0.2, 0.25) is 0 Å². The Balaban J connectivity index is 1.44. The molecule has 2 aromatic heterocycles. The Hall–Kier alpha value is -3.84. The van der Waals surface area contributed by atoms with Crippen LogP contribution in [0, 0.1) is 0 Å². The minimum Gasteiger partial charge on any atom is -0.456 e. The number of hydrogen-bond donors (Lipinski definition) is 1. The van der Waals surface area contributed by atoms with E-state index < -0.39 is 0 Å². The van der Waals surface area contributed by atoms with Crippen LogP contribution in [0.15, 0.2) is 92.4 Å². The van der Waals surface area contributed by atoms with Crippen molar-refractivity contribution >= 4 is 61.1 Å². The summed E-state index contributed by atoms with van der Waals surface area (Å²) in [6.07, 6.45) is 0. The minimum atomic E-state index is -0.361. The molecular weight excluding hydrogens is 472 g/mol. The SMILES string of the molecule is CN(C(=O)c1ccc(Br)o1)c1ccccc1C(=O)Nc1ccc2c(c1)oc1ccccc12. The number of amides is 2. The number of furan rings is 2. The van der Waals surface area contributed by atoms with Gasteiger partial charge in [-0.15, -0.1) is 0 Å². The summed E-state index contributed by atoms with van der Waals surface area (Å²) >= 11 is 3.20. The van der Waals surface area contributed by atoms with Crippen molar-refractivity contribution in [2.75, 3.05) is 17.3 Å². The van der Waals surface area contributed by atoms with Crippen molar-refractivity contribution in [1.29, 1.82) is 0 Å². The first-order valence-electron chi connectivity index (χ1n) is 9.86. The van der Waals surface area contributed by atoms with Gasteiger partial charge >= 0.3 is 0 Å². The van der Waals surface area contributed by atoms with E-state index in [1.807, 2.05) is 36.4 Å². The van der Waals surface area contributed by atoms with Crippen molar-refractivity contribution in [3.63, 3.8) is 0 Å². The highest BCUT2D eigenvalue weighted by Crippen LogP contribution is 2.31. The second-order valence-electron chi connectivity index (χ2n) is 7.25. The van der Waals surface area contributed by atoms with E-state index in [2.05, 4.69) is 21.2 Å². The standard InChI is InChI=1S/C25H17BrN2O4/c1-28(25(30)21-12-13-23(26)32-21)19-8-4-2-7-18(19)24(29)27-15-10-11-17-16-6-3-5-9-20(16)31-22(17)14-15/h2-14H,1H3,(H,27,29). The average Bonchev–Trinajstić information content (AvgIpc) is 3.41. The zero-order valence-corrected chi connectivity index (χ0v) is 18.5. The Kier molecular flexibility index (Phi) is 5.03. The van der Waals surface area contributed by atoms with Crippen LogP contribution in [-0.4, -0.2) is 18.9 Å². The molecule has 0 saturated carbocycles. The highest BCUT2D eigenvalue weighted by molar-refractivity contribution is 9.10. The normalized spacial score (nSPS) is 11.1. The van der Waals surface area contributed by atoms with Gasteiger partial charge in [0.25, 0.3) is 11.8 Å². The molecule has 5 rings (SSSR count). The number of nitrogens with zero attached hydrogens (tertiary/aromatic N) is 1. The number of benzene rings is 3. The smallest absolute Gasteiger partial charge is 0.293 e. The van der Waals surface area contributed by atoms with Crippen LogP contribution in [0.3, 0.4) is 0 Å². The van der Waals surface area contributed by atoms with Gasteiger partial charge < -0.3 is 19.1 Å².